The molecule has 0 saturated heterocycles. The van der Waals surface area contributed by atoms with E-state index >= 15 is 0 Å². The summed E-state index contributed by atoms with van der Waals surface area (Å²) in [7, 11) is 1.72. The van der Waals surface area contributed by atoms with Gasteiger partial charge in [-0.05, 0) is 19.3 Å². The first kappa shape index (κ1) is 9.61. The lowest BCUT2D eigenvalue weighted by atomic mass is 10.2. The molecule has 78 valence electrons. The Balaban J connectivity index is 2.21. The van der Waals surface area contributed by atoms with E-state index in [9.17, 15) is 0 Å². The van der Waals surface area contributed by atoms with Gasteiger partial charge in [-0.1, -0.05) is 0 Å². The standard InChI is InChI=1S/C9H15N3O2/c1-14-8-4-2-3-7(8)12-9(5-13)10-6-11-12/h6-8,13H,2-5H2,1H3. The van der Waals surface area contributed by atoms with Crippen LogP contribution in [0, 0.1) is 0 Å². The minimum Gasteiger partial charge on any atom is -0.388 e. The highest BCUT2D eigenvalue weighted by atomic mass is 16.5. The van der Waals surface area contributed by atoms with Gasteiger partial charge in [-0.2, -0.15) is 5.10 Å². The molecule has 5 heteroatoms. The van der Waals surface area contributed by atoms with Crippen LogP contribution >= 0.6 is 0 Å². The number of aliphatic hydroxyl groups is 1. The summed E-state index contributed by atoms with van der Waals surface area (Å²) in [6.07, 6.45) is 4.95. The molecule has 0 aromatic carbocycles. The summed E-state index contributed by atoms with van der Waals surface area (Å²) in [5, 5.41) is 13.2. The number of ether oxygens (including phenoxy) is 1. The molecule has 2 atom stereocenters. The predicted octanol–water partition coefficient (Wildman–Crippen LogP) is 0.510. The van der Waals surface area contributed by atoms with Gasteiger partial charge in [0.25, 0.3) is 0 Å². The summed E-state index contributed by atoms with van der Waals surface area (Å²) in [6.45, 7) is -0.0626. The second kappa shape index (κ2) is 4.06. The van der Waals surface area contributed by atoms with Crippen molar-refractivity contribution in [2.24, 2.45) is 0 Å². The Kier molecular flexibility index (Phi) is 2.79. The van der Waals surface area contributed by atoms with Crippen LogP contribution in [0.15, 0.2) is 6.33 Å². The van der Waals surface area contributed by atoms with Crippen molar-refractivity contribution < 1.29 is 9.84 Å². The number of hydrogen-bond acceptors (Lipinski definition) is 4. The molecule has 0 bridgehead atoms. The van der Waals surface area contributed by atoms with Gasteiger partial charge in [-0.15, -0.1) is 0 Å². The molecule has 0 amide bonds. The topological polar surface area (TPSA) is 60.2 Å². The number of aromatic nitrogens is 3. The molecule has 1 fully saturated rings. The first-order chi connectivity index (χ1) is 6.86. The number of nitrogens with zero attached hydrogens (tertiary/aromatic N) is 3. The van der Waals surface area contributed by atoms with E-state index in [1.54, 1.807) is 11.8 Å². The quantitative estimate of drug-likeness (QED) is 0.767. The second-order valence-corrected chi connectivity index (χ2v) is 3.55. The van der Waals surface area contributed by atoms with Crippen molar-refractivity contribution >= 4 is 0 Å². The Morgan fingerprint density at radius 1 is 1.64 bits per heavy atom. The lowest BCUT2D eigenvalue weighted by Gasteiger charge is -2.19. The SMILES string of the molecule is COC1CCCC1n1ncnc1CO. The Morgan fingerprint density at radius 3 is 3.21 bits per heavy atom. The number of methoxy groups -OCH3 is 1. The summed E-state index contributed by atoms with van der Waals surface area (Å²) in [5.74, 6) is 0.624. The molecule has 0 aliphatic heterocycles. The van der Waals surface area contributed by atoms with Gasteiger partial charge in [0.05, 0.1) is 12.1 Å². The fraction of sp³-hybridized carbons (Fsp3) is 0.778. The minimum absolute atomic E-state index is 0.0626. The van der Waals surface area contributed by atoms with Gasteiger partial charge in [-0.25, -0.2) is 9.67 Å². The first-order valence-corrected chi connectivity index (χ1v) is 4.89. The van der Waals surface area contributed by atoms with E-state index in [2.05, 4.69) is 10.1 Å². The second-order valence-electron chi connectivity index (χ2n) is 3.55. The summed E-state index contributed by atoms with van der Waals surface area (Å²) >= 11 is 0. The monoisotopic (exact) mass is 197 g/mol. The van der Waals surface area contributed by atoms with E-state index in [0.717, 1.165) is 19.3 Å². The fourth-order valence-corrected chi connectivity index (χ4v) is 2.13. The molecule has 1 saturated carbocycles. The van der Waals surface area contributed by atoms with Crippen molar-refractivity contribution in [1.29, 1.82) is 0 Å². The highest BCUT2D eigenvalue weighted by molar-refractivity contribution is 4.91. The highest BCUT2D eigenvalue weighted by Crippen LogP contribution is 2.31. The molecule has 0 radical (unpaired) electrons. The zero-order valence-corrected chi connectivity index (χ0v) is 8.26. The Hall–Kier alpha value is -0.940. The zero-order chi connectivity index (χ0) is 9.97. The third-order valence-electron chi connectivity index (χ3n) is 2.82. The normalized spacial score (nSPS) is 27.0. The van der Waals surface area contributed by atoms with E-state index in [1.807, 2.05) is 0 Å². The number of rotatable bonds is 3. The molecule has 1 aliphatic carbocycles. The summed E-state index contributed by atoms with van der Waals surface area (Å²) in [6, 6.07) is 0.240. The molecule has 1 aromatic rings. The van der Waals surface area contributed by atoms with E-state index < -0.39 is 0 Å². The lowest BCUT2D eigenvalue weighted by molar-refractivity contribution is 0.0679. The van der Waals surface area contributed by atoms with Gasteiger partial charge < -0.3 is 9.84 Å². The average molecular weight is 197 g/mol. The molecule has 1 aliphatic rings. The Bertz CT molecular complexity index is 300. The molecule has 1 aromatic heterocycles. The third-order valence-corrected chi connectivity index (χ3v) is 2.82. The maximum atomic E-state index is 9.06. The summed E-state index contributed by atoms with van der Waals surface area (Å²) in [5.41, 5.74) is 0. The van der Waals surface area contributed by atoms with Crippen LogP contribution < -0.4 is 0 Å². The van der Waals surface area contributed by atoms with Crippen molar-refractivity contribution in [2.45, 2.75) is 38.0 Å². The van der Waals surface area contributed by atoms with Crippen LogP contribution in [0.25, 0.3) is 0 Å². The van der Waals surface area contributed by atoms with Crippen LogP contribution in [-0.4, -0.2) is 33.1 Å². The van der Waals surface area contributed by atoms with E-state index in [0.29, 0.717) is 5.82 Å². The maximum Gasteiger partial charge on any atom is 0.152 e. The van der Waals surface area contributed by atoms with Crippen LogP contribution in [0.4, 0.5) is 0 Å². The lowest BCUT2D eigenvalue weighted by Crippen LogP contribution is -2.23. The predicted molar refractivity (Wildman–Crippen MR) is 49.6 cm³/mol. The molecule has 2 rings (SSSR count). The van der Waals surface area contributed by atoms with E-state index in [-0.39, 0.29) is 18.8 Å². The van der Waals surface area contributed by atoms with Crippen LogP contribution in [0.3, 0.4) is 0 Å². The summed E-state index contributed by atoms with van der Waals surface area (Å²) < 4.78 is 7.17. The average Bonchev–Trinajstić information content (AvgIpc) is 2.85. The highest BCUT2D eigenvalue weighted by Gasteiger charge is 2.30. The zero-order valence-electron chi connectivity index (χ0n) is 8.26. The van der Waals surface area contributed by atoms with E-state index in [4.69, 9.17) is 9.84 Å². The number of aliphatic hydroxyl groups excluding tert-OH is 1. The van der Waals surface area contributed by atoms with Crippen molar-refractivity contribution in [3.8, 4) is 0 Å². The van der Waals surface area contributed by atoms with Gasteiger partial charge in [-0.3, -0.25) is 0 Å². The van der Waals surface area contributed by atoms with Crippen molar-refractivity contribution in [1.82, 2.24) is 14.8 Å². The van der Waals surface area contributed by atoms with Crippen molar-refractivity contribution in [3.63, 3.8) is 0 Å². The van der Waals surface area contributed by atoms with E-state index in [1.165, 1.54) is 6.33 Å². The largest absolute Gasteiger partial charge is 0.388 e. The summed E-state index contributed by atoms with van der Waals surface area (Å²) in [4.78, 5) is 3.99. The van der Waals surface area contributed by atoms with Crippen LogP contribution in [-0.2, 0) is 11.3 Å². The van der Waals surface area contributed by atoms with Crippen LogP contribution in [0.2, 0.25) is 0 Å². The van der Waals surface area contributed by atoms with Crippen molar-refractivity contribution in [2.75, 3.05) is 7.11 Å². The molecule has 5 nitrogen and oxygen atoms in total. The molecular weight excluding hydrogens is 182 g/mol. The molecule has 14 heavy (non-hydrogen) atoms. The molecule has 0 spiro atoms. The van der Waals surface area contributed by atoms with Gasteiger partial charge in [0, 0.05) is 7.11 Å². The van der Waals surface area contributed by atoms with Gasteiger partial charge in [0.2, 0.25) is 0 Å². The van der Waals surface area contributed by atoms with Gasteiger partial charge in [0.15, 0.2) is 5.82 Å². The number of hydrogen-bond donors (Lipinski definition) is 1. The van der Waals surface area contributed by atoms with Gasteiger partial charge >= 0.3 is 0 Å². The molecular formula is C9H15N3O2. The van der Waals surface area contributed by atoms with Crippen LogP contribution in [0.5, 0.6) is 0 Å². The molecule has 1 heterocycles. The Labute approximate surface area is 82.7 Å². The first-order valence-electron chi connectivity index (χ1n) is 4.89. The Morgan fingerprint density at radius 2 is 2.50 bits per heavy atom. The smallest absolute Gasteiger partial charge is 0.152 e. The van der Waals surface area contributed by atoms with Crippen molar-refractivity contribution in [3.05, 3.63) is 12.2 Å². The minimum atomic E-state index is -0.0626. The molecule has 1 N–H and O–H groups in total. The maximum absolute atomic E-state index is 9.06. The van der Waals surface area contributed by atoms with Gasteiger partial charge in [0.1, 0.15) is 12.9 Å². The third kappa shape index (κ3) is 1.53. The molecule has 2 unspecified atom stereocenters. The fourth-order valence-electron chi connectivity index (χ4n) is 2.13. The van der Waals surface area contributed by atoms with Crippen LogP contribution in [0.1, 0.15) is 31.1 Å².